The lowest BCUT2D eigenvalue weighted by molar-refractivity contribution is 0.253. The van der Waals surface area contributed by atoms with Crippen molar-refractivity contribution in [2.45, 2.75) is 5.92 Å². The van der Waals surface area contributed by atoms with E-state index in [-0.39, 0.29) is 17.5 Å². The topological polar surface area (TPSA) is 183 Å². The highest BCUT2D eigenvalue weighted by atomic mass is 16.2. The molecule has 0 unspecified atom stereocenters. The molecule has 0 fully saturated rings. The van der Waals surface area contributed by atoms with Gasteiger partial charge in [-0.15, -0.1) is 10.2 Å². The van der Waals surface area contributed by atoms with Crippen LogP contribution in [-0.2, 0) is 0 Å². The normalized spacial score (nSPS) is 10.6. The van der Waals surface area contributed by atoms with E-state index < -0.39 is 18.0 Å². The summed E-state index contributed by atoms with van der Waals surface area (Å²) < 4.78 is 0. The number of rotatable bonds is 5. The molecule has 3 aromatic rings. The minimum Gasteiger partial charge on any atom is -0.350 e. The molecule has 1 heterocycles. The van der Waals surface area contributed by atoms with Crippen molar-refractivity contribution in [2.75, 3.05) is 10.0 Å². The van der Waals surface area contributed by atoms with Crippen molar-refractivity contribution >= 4 is 23.8 Å². The Morgan fingerprint density at radius 2 is 1.24 bits per heavy atom. The molecule has 4 amide bonds. The van der Waals surface area contributed by atoms with Crippen LogP contribution in [0.1, 0.15) is 22.7 Å². The van der Waals surface area contributed by atoms with Gasteiger partial charge in [0.2, 0.25) is 0 Å². The van der Waals surface area contributed by atoms with E-state index in [1.807, 2.05) is 60.7 Å². The molecule has 11 nitrogen and oxygen atoms in total. The van der Waals surface area contributed by atoms with Crippen LogP contribution in [0.3, 0.4) is 0 Å². The molecular formula is C18H19N9O2. The van der Waals surface area contributed by atoms with Crippen LogP contribution in [0.2, 0.25) is 0 Å². The van der Waals surface area contributed by atoms with Crippen LogP contribution in [0.15, 0.2) is 60.7 Å². The number of aromatic nitrogens is 3. The molecule has 3 rings (SSSR count). The molecule has 0 atom stereocenters. The van der Waals surface area contributed by atoms with Gasteiger partial charge in [0, 0.05) is 0 Å². The predicted molar refractivity (Wildman–Crippen MR) is 106 cm³/mol. The Balaban J connectivity index is 2.24. The molecule has 0 radical (unpaired) electrons. The number of urea groups is 2. The van der Waals surface area contributed by atoms with Crippen LogP contribution < -0.4 is 33.2 Å². The zero-order valence-corrected chi connectivity index (χ0v) is 15.2. The van der Waals surface area contributed by atoms with Gasteiger partial charge in [-0.1, -0.05) is 60.7 Å². The summed E-state index contributed by atoms with van der Waals surface area (Å²) in [6, 6.07) is 16.8. The van der Waals surface area contributed by atoms with Crippen LogP contribution in [0.5, 0.6) is 0 Å². The third-order valence-corrected chi connectivity index (χ3v) is 4.14. The second-order valence-corrected chi connectivity index (χ2v) is 5.99. The van der Waals surface area contributed by atoms with Gasteiger partial charge in [0.15, 0.2) is 5.82 Å². The highest BCUT2D eigenvalue weighted by Gasteiger charge is 2.28. The number of nitrogens with two attached hydrogens (primary N) is 4. The first-order chi connectivity index (χ1) is 13.9. The largest absolute Gasteiger partial charge is 0.350 e. The number of primary amides is 2. The van der Waals surface area contributed by atoms with Crippen molar-refractivity contribution in [3.05, 3.63) is 77.5 Å². The van der Waals surface area contributed by atoms with Crippen LogP contribution in [0.4, 0.5) is 21.4 Å². The molecule has 0 aliphatic carbocycles. The molecule has 1 aromatic heterocycles. The summed E-state index contributed by atoms with van der Waals surface area (Å²) in [7, 11) is 0. The Bertz CT molecular complexity index is 975. The van der Waals surface area contributed by atoms with Gasteiger partial charge in [-0.3, -0.25) is 0 Å². The van der Waals surface area contributed by atoms with Gasteiger partial charge in [0.05, 0.1) is 5.92 Å². The monoisotopic (exact) mass is 393 g/mol. The van der Waals surface area contributed by atoms with Crippen molar-refractivity contribution in [3.63, 3.8) is 0 Å². The van der Waals surface area contributed by atoms with Gasteiger partial charge >= 0.3 is 12.1 Å². The molecule has 0 aliphatic heterocycles. The Hall–Kier alpha value is -4.09. The summed E-state index contributed by atoms with van der Waals surface area (Å²) in [5.41, 5.74) is 12.4. The maximum Gasteiger partial charge on any atom is 0.336 e. The van der Waals surface area contributed by atoms with E-state index in [0.29, 0.717) is 10.0 Å². The third kappa shape index (κ3) is 4.10. The summed E-state index contributed by atoms with van der Waals surface area (Å²) in [5, 5.41) is 9.14. The highest BCUT2D eigenvalue weighted by Crippen LogP contribution is 2.34. The molecular weight excluding hydrogens is 374 g/mol. The molecule has 0 spiro atoms. The van der Waals surface area contributed by atoms with Gasteiger partial charge in [-0.05, 0) is 11.1 Å². The fraction of sp³-hybridized carbons (Fsp3) is 0.0556. The summed E-state index contributed by atoms with van der Waals surface area (Å²) in [6.07, 6.45) is 0. The van der Waals surface area contributed by atoms with E-state index in [2.05, 4.69) is 15.2 Å². The zero-order valence-electron chi connectivity index (χ0n) is 15.2. The van der Waals surface area contributed by atoms with Crippen LogP contribution in [0.25, 0.3) is 0 Å². The molecule has 0 aliphatic rings. The maximum absolute atomic E-state index is 11.8. The number of carbonyl (C=O) groups is 2. The fourth-order valence-corrected chi connectivity index (χ4v) is 2.79. The fourth-order valence-electron chi connectivity index (χ4n) is 2.79. The Kier molecular flexibility index (Phi) is 5.62. The number of hydrazine groups is 2. The lowest BCUT2D eigenvalue weighted by Gasteiger charge is -2.23. The Labute approximate surface area is 165 Å². The zero-order chi connectivity index (χ0) is 21.0. The lowest BCUT2D eigenvalue weighted by atomic mass is 9.88. The first kappa shape index (κ1) is 19.7. The first-order valence-electron chi connectivity index (χ1n) is 8.43. The van der Waals surface area contributed by atoms with Crippen molar-refractivity contribution in [1.29, 1.82) is 0 Å². The summed E-state index contributed by atoms with van der Waals surface area (Å²) in [4.78, 5) is 27.2. The van der Waals surface area contributed by atoms with Crippen molar-refractivity contribution < 1.29 is 9.59 Å². The Morgan fingerprint density at radius 3 is 1.69 bits per heavy atom. The second-order valence-electron chi connectivity index (χ2n) is 5.99. The SMILES string of the molecule is NC(=O)N(N)c1nnc(C(c2ccccc2)c2ccccc2)c(N(N)C(N)=O)n1. The standard InChI is InChI=1S/C18H19N9O2/c19-16(28)26(21)15-14(24-25-18(23-15)27(22)17(20)29)13(11-7-3-1-4-8-11)12-9-5-2-6-10-12/h1-10,13H,21-22H2,(H2,19,28)(H2,20,29). The molecule has 0 bridgehead atoms. The number of amides is 4. The molecule has 8 N–H and O–H groups in total. The lowest BCUT2D eigenvalue weighted by Crippen LogP contribution is -2.45. The van der Waals surface area contributed by atoms with Gasteiger partial charge in [0.1, 0.15) is 5.69 Å². The van der Waals surface area contributed by atoms with Crippen molar-refractivity contribution in [3.8, 4) is 0 Å². The number of nitrogens with zero attached hydrogens (tertiary/aromatic N) is 5. The molecule has 29 heavy (non-hydrogen) atoms. The molecule has 148 valence electrons. The average Bonchev–Trinajstić information content (AvgIpc) is 2.74. The van der Waals surface area contributed by atoms with Crippen LogP contribution >= 0.6 is 0 Å². The number of carbonyl (C=O) groups excluding carboxylic acids is 2. The Morgan fingerprint density at radius 1 is 0.759 bits per heavy atom. The quantitative estimate of drug-likeness (QED) is 0.277. The van der Waals surface area contributed by atoms with E-state index >= 15 is 0 Å². The second kappa shape index (κ2) is 8.29. The van der Waals surface area contributed by atoms with E-state index in [1.54, 1.807) is 0 Å². The van der Waals surface area contributed by atoms with Crippen molar-refractivity contribution in [1.82, 2.24) is 15.2 Å². The number of hydrogen-bond donors (Lipinski definition) is 4. The average molecular weight is 393 g/mol. The number of benzene rings is 2. The molecule has 0 saturated heterocycles. The summed E-state index contributed by atoms with van der Waals surface area (Å²) in [6.45, 7) is 0. The number of hydrogen-bond acceptors (Lipinski definition) is 7. The minimum absolute atomic E-state index is 0.114. The third-order valence-electron chi connectivity index (χ3n) is 4.14. The van der Waals surface area contributed by atoms with Crippen LogP contribution in [-0.4, -0.2) is 27.2 Å². The van der Waals surface area contributed by atoms with Gasteiger partial charge in [-0.25, -0.2) is 26.3 Å². The van der Waals surface area contributed by atoms with E-state index in [4.69, 9.17) is 23.2 Å². The summed E-state index contributed by atoms with van der Waals surface area (Å²) >= 11 is 0. The van der Waals surface area contributed by atoms with E-state index in [9.17, 15) is 9.59 Å². The van der Waals surface area contributed by atoms with E-state index in [0.717, 1.165) is 11.1 Å². The van der Waals surface area contributed by atoms with E-state index in [1.165, 1.54) is 0 Å². The first-order valence-corrected chi connectivity index (χ1v) is 8.43. The number of anilines is 2. The van der Waals surface area contributed by atoms with Gasteiger partial charge in [-0.2, -0.15) is 9.99 Å². The maximum atomic E-state index is 11.8. The minimum atomic E-state index is -1.02. The smallest absolute Gasteiger partial charge is 0.336 e. The molecule has 2 aromatic carbocycles. The van der Waals surface area contributed by atoms with Gasteiger partial charge < -0.3 is 11.5 Å². The van der Waals surface area contributed by atoms with Crippen molar-refractivity contribution in [2.24, 2.45) is 23.2 Å². The highest BCUT2D eigenvalue weighted by molar-refractivity contribution is 5.90. The molecule has 0 saturated carbocycles. The molecule has 11 heteroatoms. The van der Waals surface area contributed by atoms with Crippen LogP contribution in [0, 0.1) is 0 Å². The van der Waals surface area contributed by atoms with Gasteiger partial charge in [0.25, 0.3) is 5.95 Å². The summed E-state index contributed by atoms with van der Waals surface area (Å²) in [5.74, 6) is 10.4. The predicted octanol–water partition coefficient (Wildman–Crippen LogP) is 0.569.